The topological polar surface area (TPSA) is 3.24 Å². The molecule has 0 saturated carbocycles. The molecule has 2 aliphatic rings. The Morgan fingerprint density at radius 1 is 0.354 bits per heavy atom. The number of nitrogens with zero attached hydrogens (tertiary/aromatic N) is 1. The van der Waals surface area contributed by atoms with Crippen molar-refractivity contribution in [2.45, 2.75) is 17.8 Å². The van der Waals surface area contributed by atoms with Gasteiger partial charge in [0.2, 0.25) is 0 Å². The van der Waals surface area contributed by atoms with Crippen LogP contribution in [-0.4, -0.2) is 0 Å². The number of para-hydroxylation sites is 1. The molecule has 0 N–H and O–H groups in total. The molecule has 0 fully saturated rings. The van der Waals surface area contributed by atoms with E-state index in [2.05, 4.69) is 254 Å². The molecule has 0 saturated heterocycles. The molecule has 1 heterocycles. The number of hydrogen-bond donors (Lipinski definition) is 0. The Hall–Kier alpha value is -7.78. The molecular formula is C63H43NS. The number of hydrogen-bond acceptors (Lipinski definition) is 2. The van der Waals surface area contributed by atoms with Crippen LogP contribution >= 0.6 is 11.3 Å². The van der Waals surface area contributed by atoms with Gasteiger partial charge in [-0.3, -0.25) is 0 Å². The van der Waals surface area contributed by atoms with Crippen LogP contribution in [0.3, 0.4) is 0 Å². The molecule has 0 amide bonds. The fraction of sp³-hybridized carbons (Fsp3) is 0.0476. The third-order valence-electron chi connectivity index (χ3n) is 14.4. The average Bonchev–Trinajstić information content (AvgIpc) is 4.00. The van der Waals surface area contributed by atoms with Crippen LogP contribution in [0, 0.1) is 0 Å². The van der Waals surface area contributed by atoms with Crippen molar-refractivity contribution in [2.75, 3.05) is 4.90 Å². The van der Waals surface area contributed by atoms with E-state index in [9.17, 15) is 0 Å². The molecular weight excluding hydrogens is 803 g/mol. The molecule has 306 valence electrons. The standard InChI is InChI=1S/C63H43NS/c1-62(43-20-5-2-6-21-43)54-31-15-11-27-48(54)50-38-36-42(40-56(50)62)47-26-13-17-33-58(47)64(59-34-19-30-53-52-29-14-18-35-60(52)65-61(53)59)46-37-39-51-49-28-12-16-32-55(49)63(57(51)41-46,44-22-7-3-8-23-44)45-24-9-4-10-25-45/h2-41H,1H3. The second-order valence-corrected chi connectivity index (χ2v) is 18.7. The van der Waals surface area contributed by atoms with E-state index in [4.69, 9.17) is 0 Å². The summed E-state index contributed by atoms with van der Waals surface area (Å²) in [6.07, 6.45) is 0. The first-order valence-electron chi connectivity index (χ1n) is 22.6. The molecule has 65 heavy (non-hydrogen) atoms. The van der Waals surface area contributed by atoms with E-state index in [0.717, 1.165) is 11.4 Å². The van der Waals surface area contributed by atoms with E-state index >= 15 is 0 Å². The van der Waals surface area contributed by atoms with Gasteiger partial charge in [0.15, 0.2) is 0 Å². The first-order chi connectivity index (χ1) is 32.1. The molecule has 0 bridgehead atoms. The van der Waals surface area contributed by atoms with Gasteiger partial charge in [0, 0.05) is 32.1 Å². The third-order valence-corrected chi connectivity index (χ3v) is 15.7. The number of rotatable bonds is 7. The molecule has 2 aliphatic carbocycles. The quantitative estimate of drug-likeness (QED) is 0.154. The minimum absolute atomic E-state index is 0.312. The summed E-state index contributed by atoms with van der Waals surface area (Å²) < 4.78 is 2.56. The summed E-state index contributed by atoms with van der Waals surface area (Å²) >= 11 is 1.88. The molecule has 1 nitrogen and oxygen atoms in total. The van der Waals surface area contributed by atoms with Crippen molar-refractivity contribution in [3.63, 3.8) is 0 Å². The molecule has 1 unspecified atom stereocenters. The molecule has 0 spiro atoms. The normalized spacial score (nSPS) is 15.3. The fourth-order valence-electron chi connectivity index (χ4n) is 11.5. The Balaban J connectivity index is 1.08. The highest BCUT2D eigenvalue weighted by Crippen LogP contribution is 2.59. The molecule has 1 atom stereocenters. The average molecular weight is 846 g/mol. The molecule has 10 aromatic carbocycles. The Morgan fingerprint density at radius 3 is 1.62 bits per heavy atom. The van der Waals surface area contributed by atoms with Crippen LogP contribution in [0.1, 0.15) is 45.9 Å². The third kappa shape index (κ3) is 5.45. The van der Waals surface area contributed by atoms with Crippen molar-refractivity contribution in [1.29, 1.82) is 0 Å². The van der Waals surface area contributed by atoms with Crippen molar-refractivity contribution >= 4 is 48.6 Å². The maximum atomic E-state index is 2.55. The predicted molar refractivity (Wildman–Crippen MR) is 274 cm³/mol. The van der Waals surface area contributed by atoms with Gasteiger partial charge in [-0.05, 0) is 110 Å². The lowest BCUT2D eigenvalue weighted by molar-refractivity contribution is 0.714. The van der Waals surface area contributed by atoms with Crippen molar-refractivity contribution < 1.29 is 0 Å². The van der Waals surface area contributed by atoms with Crippen LogP contribution in [0.4, 0.5) is 17.1 Å². The maximum absolute atomic E-state index is 2.55. The Bertz CT molecular complexity index is 3580. The van der Waals surface area contributed by atoms with Gasteiger partial charge in [-0.1, -0.05) is 206 Å². The van der Waals surface area contributed by atoms with Crippen molar-refractivity contribution in [3.05, 3.63) is 282 Å². The van der Waals surface area contributed by atoms with Crippen molar-refractivity contribution in [1.82, 2.24) is 0 Å². The highest BCUT2D eigenvalue weighted by Gasteiger charge is 2.46. The van der Waals surface area contributed by atoms with Gasteiger partial charge in [0.25, 0.3) is 0 Å². The van der Waals surface area contributed by atoms with E-state index in [-0.39, 0.29) is 5.41 Å². The molecule has 0 radical (unpaired) electrons. The van der Waals surface area contributed by atoms with Crippen LogP contribution in [0.2, 0.25) is 0 Å². The number of benzene rings is 10. The summed E-state index contributed by atoms with van der Waals surface area (Å²) in [7, 11) is 0. The Morgan fingerprint density at radius 2 is 0.877 bits per heavy atom. The van der Waals surface area contributed by atoms with E-state index in [1.807, 2.05) is 11.3 Å². The van der Waals surface area contributed by atoms with Crippen LogP contribution < -0.4 is 4.90 Å². The molecule has 1 aromatic heterocycles. The van der Waals surface area contributed by atoms with Crippen molar-refractivity contribution in [3.8, 4) is 33.4 Å². The lowest BCUT2D eigenvalue weighted by atomic mass is 9.67. The van der Waals surface area contributed by atoms with Gasteiger partial charge >= 0.3 is 0 Å². The number of thiophene rings is 1. The van der Waals surface area contributed by atoms with Gasteiger partial charge in [0.1, 0.15) is 0 Å². The minimum Gasteiger partial charge on any atom is -0.308 e. The second-order valence-electron chi connectivity index (χ2n) is 17.7. The number of fused-ring (bicyclic) bond motifs is 9. The smallest absolute Gasteiger partial charge is 0.0714 e. The summed E-state index contributed by atoms with van der Waals surface area (Å²) in [6.45, 7) is 2.41. The van der Waals surface area contributed by atoms with Gasteiger partial charge in [-0.15, -0.1) is 11.3 Å². The van der Waals surface area contributed by atoms with Crippen LogP contribution in [-0.2, 0) is 10.8 Å². The van der Waals surface area contributed by atoms with Gasteiger partial charge < -0.3 is 4.90 Å². The van der Waals surface area contributed by atoms with Crippen molar-refractivity contribution in [2.24, 2.45) is 0 Å². The lowest BCUT2D eigenvalue weighted by Gasteiger charge is -2.35. The van der Waals surface area contributed by atoms with Gasteiger partial charge in [-0.2, -0.15) is 0 Å². The maximum Gasteiger partial charge on any atom is 0.0714 e. The summed E-state index contributed by atoms with van der Waals surface area (Å²) in [4.78, 5) is 2.55. The van der Waals surface area contributed by atoms with Gasteiger partial charge in [-0.25, -0.2) is 0 Å². The Kier molecular flexibility index (Phi) is 8.50. The highest BCUT2D eigenvalue weighted by molar-refractivity contribution is 7.26. The zero-order valence-corrected chi connectivity index (χ0v) is 36.8. The van der Waals surface area contributed by atoms with E-state index in [1.54, 1.807) is 0 Å². The van der Waals surface area contributed by atoms with Gasteiger partial charge in [0.05, 0.1) is 21.5 Å². The summed E-state index contributed by atoms with van der Waals surface area (Å²) in [5, 5.41) is 2.56. The van der Waals surface area contributed by atoms with Crippen LogP contribution in [0.25, 0.3) is 53.6 Å². The van der Waals surface area contributed by atoms with E-state index in [0.29, 0.717) is 0 Å². The Labute approximate surface area is 384 Å². The predicted octanol–water partition coefficient (Wildman–Crippen LogP) is 16.9. The zero-order chi connectivity index (χ0) is 43.1. The van der Waals surface area contributed by atoms with E-state index < -0.39 is 5.41 Å². The van der Waals surface area contributed by atoms with Crippen LogP contribution in [0.15, 0.2) is 243 Å². The zero-order valence-electron chi connectivity index (χ0n) is 35.9. The number of anilines is 3. The SMILES string of the molecule is CC1(c2ccccc2)c2ccccc2-c2ccc(-c3ccccc3N(c3ccc4c(c3)C(c3ccccc3)(c3ccccc3)c3ccccc3-4)c3cccc4c3sc3ccccc34)cc21. The fourth-order valence-corrected chi connectivity index (χ4v) is 12.7. The van der Waals surface area contributed by atoms with Crippen LogP contribution in [0.5, 0.6) is 0 Å². The molecule has 2 heteroatoms. The summed E-state index contributed by atoms with van der Waals surface area (Å²) in [5.74, 6) is 0. The first-order valence-corrected chi connectivity index (χ1v) is 23.4. The molecule has 0 aliphatic heterocycles. The highest BCUT2D eigenvalue weighted by atomic mass is 32.1. The first kappa shape index (κ1) is 37.7. The largest absolute Gasteiger partial charge is 0.308 e. The monoisotopic (exact) mass is 845 g/mol. The molecule has 13 rings (SSSR count). The molecule has 11 aromatic rings. The summed E-state index contributed by atoms with van der Waals surface area (Å²) in [5.41, 5.74) is 19.2. The summed E-state index contributed by atoms with van der Waals surface area (Å²) in [6, 6.07) is 90.5. The van der Waals surface area contributed by atoms with E-state index in [1.165, 1.54) is 98.2 Å². The minimum atomic E-state index is -0.532. The second kappa shape index (κ2) is 14.6. The lowest BCUT2D eigenvalue weighted by Crippen LogP contribution is -2.28.